The maximum absolute atomic E-state index is 12.3. The second-order valence-electron chi connectivity index (χ2n) is 6.44. The number of amides is 1. The summed E-state index contributed by atoms with van der Waals surface area (Å²) in [6.07, 6.45) is 5.67. The first-order valence-corrected chi connectivity index (χ1v) is 8.80. The minimum absolute atomic E-state index is 0.0380. The van der Waals surface area contributed by atoms with Crippen LogP contribution in [-0.2, 0) is 24.1 Å². The number of aryl methyl sites for hydroxylation is 4. The first kappa shape index (κ1) is 16.6. The molecule has 0 unspecified atom stereocenters. The predicted octanol–water partition coefficient (Wildman–Crippen LogP) is 4.45. The van der Waals surface area contributed by atoms with Gasteiger partial charge in [0.15, 0.2) is 6.61 Å². The van der Waals surface area contributed by atoms with Gasteiger partial charge in [-0.1, -0.05) is 31.2 Å². The van der Waals surface area contributed by atoms with Crippen molar-refractivity contribution in [3.8, 4) is 5.75 Å². The van der Waals surface area contributed by atoms with Crippen LogP contribution in [0, 0.1) is 6.92 Å². The number of fused-ring (bicyclic) bond motifs is 1. The number of nitrogens with one attached hydrogen (secondary N) is 1. The van der Waals surface area contributed by atoms with Gasteiger partial charge in [0, 0.05) is 5.69 Å². The van der Waals surface area contributed by atoms with Crippen LogP contribution in [0.1, 0.15) is 42.0 Å². The molecule has 3 rings (SSSR count). The Labute approximate surface area is 144 Å². The zero-order valence-corrected chi connectivity index (χ0v) is 14.5. The summed E-state index contributed by atoms with van der Waals surface area (Å²) in [4.78, 5) is 12.3. The van der Waals surface area contributed by atoms with E-state index in [0.29, 0.717) is 0 Å². The zero-order valence-electron chi connectivity index (χ0n) is 14.5. The maximum atomic E-state index is 12.3. The van der Waals surface area contributed by atoms with E-state index in [1.165, 1.54) is 24.0 Å². The molecule has 24 heavy (non-hydrogen) atoms. The Kier molecular flexibility index (Phi) is 5.19. The molecule has 1 amide bonds. The van der Waals surface area contributed by atoms with Crippen LogP contribution in [-0.4, -0.2) is 12.5 Å². The van der Waals surface area contributed by atoms with Crippen molar-refractivity contribution < 1.29 is 9.53 Å². The molecule has 0 aromatic heterocycles. The average molecular weight is 323 g/mol. The smallest absolute Gasteiger partial charge is 0.262 e. The highest BCUT2D eigenvalue weighted by Gasteiger charge is 2.12. The molecule has 0 atom stereocenters. The van der Waals surface area contributed by atoms with Crippen molar-refractivity contribution in [1.82, 2.24) is 0 Å². The summed E-state index contributed by atoms with van der Waals surface area (Å²) in [7, 11) is 0. The molecule has 1 aliphatic carbocycles. The number of ether oxygens (including phenoxy) is 1. The molecule has 1 N–H and O–H groups in total. The Balaban J connectivity index is 1.62. The summed E-state index contributed by atoms with van der Waals surface area (Å²) >= 11 is 0. The Morgan fingerprint density at radius 1 is 1.12 bits per heavy atom. The number of benzene rings is 2. The quantitative estimate of drug-likeness (QED) is 0.882. The van der Waals surface area contributed by atoms with Crippen molar-refractivity contribution in [3.05, 3.63) is 58.7 Å². The molecule has 0 saturated carbocycles. The molecule has 3 nitrogen and oxygen atoms in total. The predicted molar refractivity (Wildman–Crippen MR) is 97.8 cm³/mol. The summed E-state index contributed by atoms with van der Waals surface area (Å²) in [6, 6.07) is 12.3. The molecular formula is C21H25NO2. The monoisotopic (exact) mass is 323 g/mol. The van der Waals surface area contributed by atoms with Crippen molar-refractivity contribution in [3.63, 3.8) is 0 Å². The second kappa shape index (κ2) is 7.52. The van der Waals surface area contributed by atoms with Crippen LogP contribution < -0.4 is 10.1 Å². The molecule has 0 heterocycles. The number of anilines is 1. The lowest BCUT2D eigenvalue weighted by molar-refractivity contribution is -0.118. The van der Waals surface area contributed by atoms with E-state index in [2.05, 4.69) is 24.4 Å². The van der Waals surface area contributed by atoms with Gasteiger partial charge >= 0.3 is 0 Å². The number of carbonyl (C=O) groups is 1. The van der Waals surface area contributed by atoms with Gasteiger partial charge in [-0.3, -0.25) is 4.79 Å². The molecule has 0 radical (unpaired) electrons. The maximum Gasteiger partial charge on any atom is 0.262 e. The normalized spacial score (nSPS) is 13.2. The van der Waals surface area contributed by atoms with Crippen LogP contribution in [0.25, 0.3) is 0 Å². The Bertz CT molecular complexity index is 737. The molecule has 0 saturated heterocycles. The molecule has 0 fully saturated rings. The topological polar surface area (TPSA) is 38.3 Å². The van der Waals surface area contributed by atoms with E-state index in [1.54, 1.807) is 0 Å². The standard InChI is InChI=1S/C21H25NO2/c1-3-16-10-6-7-15(2)21(16)22-20(23)14-24-19-12-11-17-8-4-5-9-18(17)13-19/h6-7,10-13H,3-5,8-9,14H2,1-2H3,(H,22,23). The number of hydrogen-bond donors (Lipinski definition) is 1. The summed E-state index contributed by atoms with van der Waals surface area (Å²) in [6.45, 7) is 4.14. The van der Waals surface area contributed by atoms with Crippen molar-refractivity contribution in [2.24, 2.45) is 0 Å². The highest BCUT2D eigenvalue weighted by atomic mass is 16.5. The van der Waals surface area contributed by atoms with E-state index in [-0.39, 0.29) is 12.5 Å². The highest BCUT2D eigenvalue weighted by Crippen LogP contribution is 2.25. The highest BCUT2D eigenvalue weighted by molar-refractivity contribution is 5.93. The third-order valence-corrected chi connectivity index (χ3v) is 4.69. The van der Waals surface area contributed by atoms with Gasteiger partial charge in [0.25, 0.3) is 5.91 Å². The number of para-hydroxylation sites is 1. The molecule has 2 aromatic rings. The van der Waals surface area contributed by atoms with Crippen molar-refractivity contribution >= 4 is 11.6 Å². The zero-order chi connectivity index (χ0) is 16.9. The minimum atomic E-state index is -0.114. The van der Waals surface area contributed by atoms with E-state index in [9.17, 15) is 4.79 Å². The van der Waals surface area contributed by atoms with E-state index >= 15 is 0 Å². The van der Waals surface area contributed by atoms with E-state index in [1.807, 2.05) is 31.2 Å². The summed E-state index contributed by atoms with van der Waals surface area (Å²) < 4.78 is 5.71. The van der Waals surface area contributed by atoms with Gasteiger partial charge in [-0.2, -0.15) is 0 Å². The summed E-state index contributed by atoms with van der Waals surface area (Å²) in [5.41, 5.74) is 5.93. The lowest BCUT2D eigenvalue weighted by Gasteiger charge is -2.17. The van der Waals surface area contributed by atoms with Crippen LogP contribution in [0.4, 0.5) is 5.69 Å². The Morgan fingerprint density at radius 2 is 1.92 bits per heavy atom. The second-order valence-corrected chi connectivity index (χ2v) is 6.44. The van der Waals surface area contributed by atoms with Crippen LogP contribution in [0.2, 0.25) is 0 Å². The minimum Gasteiger partial charge on any atom is -0.484 e. The Morgan fingerprint density at radius 3 is 2.71 bits per heavy atom. The van der Waals surface area contributed by atoms with Crippen molar-refractivity contribution in [2.45, 2.75) is 46.0 Å². The molecule has 2 aromatic carbocycles. The lowest BCUT2D eigenvalue weighted by Crippen LogP contribution is -2.21. The number of carbonyl (C=O) groups excluding carboxylic acids is 1. The van der Waals surface area contributed by atoms with Crippen molar-refractivity contribution in [1.29, 1.82) is 0 Å². The third kappa shape index (κ3) is 3.78. The first-order valence-electron chi connectivity index (χ1n) is 8.80. The van der Waals surface area contributed by atoms with Crippen LogP contribution >= 0.6 is 0 Å². The SMILES string of the molecule is CCc1cccc(C)c1NC(=O)COc1ccc2c(c1)CCCC2. The van der Waals surface area contributed by atoms with Gasteiger partial charge in [-0.25, -0.2) is 0 Å². The molecule has 3 heteroatoms. The fourth-order valence-corrected chi connectivity index (χ4v) is 3.33. The summed E-state index contributed by atoms with van der Waals surface area (Å²) in [5, 5.41) is 3.00. The molecule has 0 spiro atoms. The van der Waals surface area contributed by atoms with Gasteiger partial charge in [0.1, 0.15) is 5.75 Å². The van der Waals surface area contributed by atoms with E-state index in [0.717, 1.165) is 41.8 Å². The van der Waals surface area contributed by atoms with E-state index < -0.39 is 0 Å². The van der Waals surface area contributed by atoms with Gasteiger partial charge < -0.3 is 10.1 Å². The van der Waals surface area contributed by atoms with Gasteiger partial charge in [-0.15, -0.1) is 0 Å². The van der Waals surface area contributed by atoms with Crippen LogP contribution in [0.15, 0.2) is 36.4 Å². The summed E-state index contributed by atoms with van der Waals surface area (Å²) in [5.74, 6) is 0.669. The van der Waals surface area contributed by atoms with E-state index in [4.69, 9.17) is 4.74 Å². The van der Waals surface area contributed by atoms with Crippen LogP contribution in [0.3, 0.4) is 0 Å². The first-order chi connectivity index (χ1) is 11.7. The van der Waals surface area contributed by atoms with Gasteiger partial charge in [-0.05, 0) is 73.4 Å². The molecule has 0 aliphatic heterocycles. The molecule has 0 bridgehead atoms. The fourth-order valence-electron chi connectivity index (χ4n) is 3.33. The lowest BCUT2D eigenvalue weighted by atomic mass is 9.92. The average Bonchev–Trinajstić information content (AvgIpc) is 2.61. The van der Waals surface area contributed by atoms with Crippen molar-refractivity contribution in [2.75, 3.05) is 11.9 Å². The number of hydrogen-bond acceptors (Lipinski definition) is 2. The molecular weight excluding hydrogens is 298 g/mol. The van der Waals surface area contributed by atoms with Gasteiger partial charge in [0.05, 0.1) is 0 Å². The fraction of sp³-hybridized carbons (Fsp3) is 0.381. The Hall–Kier alpha value is -2.29. The molecule has 1 aliphatic rings. The van der Waals surface area contributed by atoms with Gasteiger partial charge in [0.2, 0.25) is 0 Å². The molecule has 126 valence electrons. The third-order valence-electron chi connectivity index (χ3n) is 4.69. The van der Waals surface area contributed by atoms with Crippen LogP contribution in [0.5, 0.6) is 5.75 Å². The largest absolute Gasteiger partial charge is 0.484 e. The number of rotatable bonds is 5.